The van der Waals surface area contributed by atoms with Crippen molar-refractivity contribution in [3.63, 3.8) is 0 Å². The molecule has 2 unspecified atom stereocenters. The number of aliphatic hydroxyl groups is 1. The van der Waals surface area contributed by atoms with E-state index < -0.39 is 18.1 Å². The molecule has 0 aromatic rings. The fourth-order valence-corrected chi connectivity index (χ4v) is 1.25. The summed E-state index contributed by atoms with van der Waals surface area (Å²) in [6.07, 6.45) is 0.107. The number of hydrogen-bond acceptors (Lipinski definition) is 4. The Hall–Kier alpha value is -0.650. The Balaban J connectivity index is 2.58. The predicted octanol–water partition coefficient (Wildman–Crippen LogP) is -1.11. The highest BCUT2D eigenvalue weighted by molar-refractivity contribution is 5.77. The number of primary amides is 1. The van der Waals surface area contributed by atoms with Crippen molar-refractivity contribution in [1.29, 1.82) is 0 Å². The summed E-state index contributed by atoms with van der Waals surface area (Å²) in [4.78, 5) is 10.6. The molecule has 0 saturated carbocycles. The lowest BCUT2D eigenvalue weighted by atomic mass is 9.97. The Kier molecular flexibility index (Phi) is 2.43. The first kappa shape index (κ1) is 8.45. The molecule has 1 aliphatic rings. The van der Waals surface area contributed by atoms with Crippen LogP contribution in [0.15, 0.2) is 0 Å². The van der Waals surface area contributed by atoms with Gasteiger partial charge in [0.25, 0.3) is 0 Å². The Morgan fingerprint density at radius 1 is 1.64 bits per heavy atom. The first-order valence-electron chi connectivity index (χ1n) is 3.56. The molecule has 5 heteroatoms. The zero-order valence-electron chi connectivity index (χ0n) is 6.10. The molecule has 4 N–H and O–H groups in total. The van der Waals surface area contributed by atoms with Gasteiger partial charge in [-0.1, -0.05) is 0 Å². The van der Waals surface area contributed by atoms with Gasteiger partial charge in [0, 0.05) is 6.54 Å². The molecule has 0 bridgehead atoms. The summed E-state index contributed by atoms with van der Waals surface area (Å²) in [5, 5.41) is 18.9. The van der Waals surface area contributed by atoms with Crippen molar-refractivity contribution in [3.8, 4) is 0 Å². The van der Waals surface area contributed by atoms with Crippen molar-refractivity contribution < 1.29 is 15.1 Å². The molecule has 1 aliphatic heterocycles. The van der Waals surface area contributed by atoms with Crippen molar-refractivity contribution in [1.82, 2.24) is 5.06 Å². The maximum absolute atomic E-state index is 10.6. The minimum Gasteiger partial charge on any atom is -0.375 e. The first-order chi connectivity index (χ1) is 5.13. The normalized spacial score (nSPS) is 33.6. The highest BCUT2D eigenvalue weighted by atomic mass is 16.5. The Morgan fingerprint density at radius 2 is 2.27 bits per heavy atom. The number of nitrogens with zero attached hydrogens (tertiary/aromatic N) is 1. The van der Waals surface area contributed by atoms with Crippen molar-refractivity contribution in [3.05, 3.63) is 0 Å². The zero-order valence-corrected chi connectivity index (χ0v) is 6.10. The largest absolute Gasteiger partial charge is 0.375 e. The number of rotatable bonds is 1. The van der Waals surface area contributed by atoms with Gasteiger partial charge >= 0.3 is 0 Å². The van der Waals surface area contributed by atoms with E-state index in [9.17, 15) is 9.90 Å². The second-order valence-electron chi connectivity index (χ2n) is 2.73. The molecule has 64 valence electrons. The fourth-order valence-electron chi connectivity index (χ4n) is 1.25. The second kappa shape index (κ2) is 3.17. The van der Waals surface area contributed by atoms with Gasteiger partial charge in [0.1, 0.15) is 6.23 Å². The fraction of sp³-hybridized carbons (Fsp3) is 0.833. The molecular formula is C6H12N2O3. The summed E-state index contributed by atoms with van der Waals surface area (Å²) in [6.45, 7) is 0.394. The van der Waals surface area contributed by atoms with Crippen LogP contribution in [-0.2, 0) is 4.79 Å². The van der Waals surface area contributed by atoms with E-state index in [-0.39, 0.29) is 0 Å². The summed E-state index contributed by atoms with van der Waals surface area (Å²) in [7, 11) is 0. The average Bonchev–Trinajstić information content (AvgIpc) is 1.94. The van der Waals surface area contributed by atoms with Crippen LogP contribution >= 0.6 is 0 Å². The van der Waals surface area contributed by atoms with Crippen LogP contribution in [0.5, 0.6) is 0 Å². The SMILES string of the molecule is NC(=O)C1CCCN(O)C1O. The maximum atomic E-state index is 10.6. The molecule has 2 atom stereocenters. The van der Waals surface area contributed by atoms with Crippen LogP contribution in [0.3, 0.4) is 0 Å². The third kappa shape index (κ3) is 1.68. The topological polar surface area (TPSA) is 86.8 Å². The van der Waals surface area contributed by atoms with Crippen molar-refractivity contribution in [2.45, 2.75) is 19.1 Å². The van der Waals surface area contributed by atoms with Crippen LogP contribution in [0.2, 0.25) is 0 Å². The van der Waals surface area contributed by atoms with E-state index in [1.165, 1.54) is 0 Å². The monoisotopic (exact) mass is 160 g/mol. The molecule has 0 aromatic heterocycles. The molecule has 5 nitrogen and oxygen atoms in total. The van der Waals surface area contributed by atoms with E-state index >= 15 is 0 Å². The van der Waals surface area contributed by atoms with Gasteiger partial charge in [0.05, 0.1) is 5.92 Å². The lowest BCUT2D eigenvalue weighted by Gasteiger charge is -2.31. The van der Waals surface area contributed by atoms with Crippen LogP contribution in [0.1, 0.15) is 12.8 Å². The standard InChI is InChI=1S/C6H12N2O3/c7-5(9)4-2-1-3-8(11)6(4)10/h4,6,10-11H,1-3H2,(H2,7,9). The van der Waals surface area contributed by atoms with Gasteiger partial charge in [-0.2, -0.15) is 5.06 Å². The van der Waals surface area contributed by atoms with E-state index in [0.717, 1.165) is 5.06 Å². The predicted molar refractivity (Wildman–Crippen MR) is 36.4 cm³/mol. The van der Waals surface area contributed by atoms with Gasteiger partial charge in [-0.3, -0.25) is 4.79 Å². The molecule has 11 heavy (non-hydrogen) atoms. The van der Waals surface area contributed by atoms with Crippen molar-refractivity contribution in [2.75, 3.05) is 6.54 Å². The molecule has 1 rings (SSSR count). The number of hydrogen-bond donors (Lipinski definition) is 3. The summed E-state index contributed by atoms with van der Waals surface area (Å²) in [6, 6.07) is 0. The molecule has 0 radical (unpaired) electrons. The van der Waals surface area contributed by atoms with E-state index in [1.54, 1.807) is 0 Å². The number of amides is 1. The van der Waals surface area contributed by atoms with Gasteiger partial charge in [0.2, 0.25) is 5.91 Å². The second-order valence-corrected chi connectivity index (χ2v) is 2.73. The molecule has 0 spiro atoms. The molecular weight excluding hydrogens is 148 g/mol. The quantitative estimate of drug-likeness (QED) is 0.454. The van der Waals surface area contributed by atoms with Crippen LogP contribution < -0.4 is 5.73 Å². The number of aliphatic hydroxyl groups excluding tert-OH is 1. The van der Waals surface area contributed by atoms with Crippen molar-refractivity contribution in [2.24, 2.45) is 11.7 Å². The summed E-state index contributed by atoms with van der Waals surface area (Å²) in [5.74, 6) is -1.19. The summed E-state index contributed by atoms with van der Waals surface area (Å²) >= 11 is 0. The van der Waals surface area contributed by atoms with E-state index in [2.05, 4.69) is 0 Å². The smallest absolute Gasteiger partial charge is 0.224 e. The number of hydroxylamine groups is 2. The Labute approximate surface area is 64.4 Å². The molecule has 0 aliphatic carbocycles. The van der Waals surface area contributed by atoms with Crippen LogP contribution in [0, 0.1) is 5.92 Å². The summed E-state index contributed by atoms with van der Waals surface area (Å²) < 4.78 is 0. The minimum absolute atomic E-state index is 0.394. The number of nitrogens with two attached hydrogens (primary N) is 1. The third-order valence-corrected chi connectivity index (χ3v) is 1.93. The minimum atomic E-state index is -1.12. The van der Waals surface area contributed by atoms with E-state index in [4.69, 9.17) is 10.9 Å². The van der Waals surface area contributed by atoms with Gasteiger partial charge in [-0.05, 0) is 12.8 Å². The van der Waals surface area contributed by atoms with Gasteiger partial charge in [0.15, 0.2) is 0 Å². The first-order valence-corrected chi connectivity index (χ1v) is 3.56. The molecule has 1 saturated heterocycles. The van der Waals surface area contributed by atoms with E-state index in [0.29, 0.717) is 19.4 Å². The zero-order chi connectivity index (χ0) is 8.43. The van der Waals surface area contributed by atoms with Crippen molar-refractivity contribution >= 4 is 5.91 Å². The van der Waals surface area contributed by atoms with Crippen LogP contribution in [0.25, 0.3) is 0 Å². The number of carbonyl (C=O) groups is 1. The lowest BCUT2D eigenvalue weighted by Crippen LogP contribution is -2.47. The Morgan fingerprint density at radius 3 is 2.73 bits per heavy atom. The van der Waals surface area contributed by atoms with Gasteiger partial charge < -0.3 is 16.0 Å². The lowest BCUT2D eigenvalue weighted by molar-refractivity contribution is -0.228. The maximum Gasteiger partial charge on any atom is 0.224 e. The molecule has 0 aromatic carbocycles. The molecule has 1 amide bonds. The highest BCUT2D eigenvalue weighted by Crippen LogP contribution is 2.19. The third-order valence-electron chi connectivity index (χ3n) is 1.93. The van der Waals surface area contributed by atoms with Gasteiger partial charge in [-0.25, -0.2) is 0 Å². The number of piperidine rings is 1. The summed E-state index contributed by atoms with van der Waals surface area (Å²) in [5.41, 5.74) is 4.98. The Bertz CT molecular complexity index is 162. The number of carbonyl (C=O) groups excluding carboxylic acids is 1. The molecule has 1 heterocycles. The van der Waals surface area contributed by atoms with Crippen LogP contribution in [0.4, 0.5) is 0 Å². The highest BCUT2D eigenvalue weighted by Gasteiger charge is 2.32. The van der Waals surface area contributed by atoms with E-state index in [1.807, 2.05) is 0 Å². The van der Waals surface area contributed by atoms with Gasteiger partial charge in [-0.15, -0.1) is 0 Å². The molecule has 1 fully saturated rings. The average molecular weight is 160 g/mol. The van der Waals surface area contributed by atoms with Crippen LogP contribution in [-0.4, -0.2) is 34.1 Å².